The van der Waals surface area contributed by atoms with Gasteiger partial charge in [0.15, 0.2) is 0 Å². The third kappa shape index (κ3) is 6.37. The van der Waals surface area contributed by atoms with Crippen LogP contribution in [-0.2, 0) is 0 Å². The third-order valence-electron chi connectivity index (χ3n) is 13.9. The lowest BCUT2D eigenvalue weighted by atomic mass is 9.95. The molecular formula is C64H46N4. The molecule has 0 aromatic heterocycles. The van der Waals surface area contributed by atoms with E-state index in [4.69, 9.17) is 0 Å². The van der Waals surface area contributed by atoms with Crippen LogP contribution in [0, 0.1) is 0 Å². The first-order valence-corrected chi connectivity index (χ1v) is 23.4. The molecule has 0 saturated carbocycles. The Kier molecular flexibility index (Phi) is 9.43. The van der Waals surface area contributed by atoms with Gasteiger partial charge in [-0.2, -0.15) is 0 Å². The van der Waals surface area contributed by atoms with E-state index in [9.17, 15) is 0 Å². The molecule has 13 rings (SSSR count). The van der Waals surface area contributed by atoms with Gasteiger partial charge in [-0.1, -0.05) is 182 Å². The van der Waals surface area contributed by atoms with Gasteiger partial charge >= 0.3 is 0 Å². The maximum absolute atomic E-state index is 2.58. The van der Waals surface area contributed by atoms with E-state index in [1.54, 1.807) is 0 Å². The molecule has 0 amide bonds. The zero-order chi connectivity index (χ0) is 45.1. The zero-order valence-electron chi connectivity index (χ0n) is 37.6. The molecule has 1 heterocycles. The normalized spacial score (nSPS) is 13.5. The Labute approximate surface area is 396 Å². The molecule has 1 aliphatic rings. The predicted molar refractivity (Wildman–Crippen MR) is 290 cm³/mol. The second-order valence-electron chi connectivity index (χ2n) is 17.8. The number of anilines is 9. The van der Waals surface area contributed by atoms with Gasteiger partial charge in [-0.15, -0.1) is 0 Å². The van der Waals surface area contributed by atoms with E-state index in [0.29, 0.717) is 0 Å². The van der Waals surface area contributed by atoms with Crippen LogP contribution in [0.15, 0.2) is 255 Å². The van der Waals surface area contributed by atoms with Crippen LogP contribution < -0.4 is 19.6 Å². The van der Waals surface area contributed by atoms with Crippen LogP contribution in [0.2, 0.25) is 0 Å². The van der Waals surface area contributed by atoms with Gasteiger partial charge in [0.2, 0.25) is 0 Å². The molecule has 1 aliphatic heterocycles. The van der Waals surface area contributed by atoms with Gasteiger partial charge in [0.25, 0.3) is 0 Å². The Balaban J connectivity index is 1.13. The maximum Gasteiger partial charge on any atom is 0.133 e. The van der Waals surface area contributed by atoms with E-state index in [0.717, 1.165) is 39.8 Å². The maximum atomic E-state index is 2.58. The number of rotatable bonds is 8. The molecule has 0 radical (unpaired) electrons. The van der Waals surface area contributed by atoms with E-state index >= 15 is 0 Å². The number of fused-ring (bicyclic) bond motifs is 9. The number of benzene rings is 12. The van der Waals surface area contributed by atoms with E-state index < -0.39 is 0 Å². The first-order chi connectivity index (χ1) is 33.7. The lowest BCUT2D eigenvalue weighted by Crippen LogP contribution is -2.30. The summed E-state index contributed by atoms with van der Waals surface area (Å²) in [5.41, 5.74) is 11.5. The molecule has 4 nitrogen and oxygen atoms in total. The topological polar surface area (TPSA) is 13.0 Å². The molecule has 0 bridgehead atoms. The summed E-state index contributed by atoms with van der Waals surface area (Å²) < 4.78 is 0. The van der Waals surface area contributed by atoms with Crippen LogP contribution in [0.4, 0.5) is 51.2 Å². The van der Waals surface area contributed by atoms with Crippen molar-refractivity contribution in [2.75, 3.05) is 26.6 Å². The quantitative estimate of drug-likeness (QED) is 0.141. The van der Waals surface area contributed by atoms with E-state index in [2.05, 4.69) is 281 Å². The van der Waals surface area contributed by atoms with Crippen LogP contribution >= 0.6 is 0 Å². The Morgan fingerprint density at radius 1 is 0.309 bits per heavy atom. The average molecular weight is 871 g/mol. The summed E-state index contributed by atoms with van der Waals surface area (Å²) in [4.78, 5) is 9.96. The highest BCUT2D eigenvalue weighted by Crippen LogP contribution is 2.58. The van der Waals surface area contributed by atoms with E-state index in [1.807, 2.05) is 0 Å². The lowest BCUT2D eigenvalue weighted by Gasteiger charge is -2.32. The van der Waals surface area contributed by atoms with Crippen molar-refractivity contribution in [2.45, 2.75) is 6.17 Å². The van der Waals surface area contributed by atoms with Gasteiger partial charge in [-0.3, -0.25) is 0 Å². The minimum atomic E-state index is -0.125. The number of hydrogen-bond acceptors (Lipinski definition) is 4. The van der Waals surface area contributed by atoms with E-state index in [-0.39, 0.29) is 6.17 Å². The van der Waals surface area contributed by atoms with Gasteiger partial charge in [-0.25, -0.2) is 0 Å². The van der Waals surface area contributed by atoms with E-state index in [1.165, 1.54) is 70.8 Å². The first kappa shape index (κ1) is 39.5. The number of para-hydroxylation sites is 3. The van der Waals surface area contributed by atoms with Gasteiger partial charge in [0.05, 0.1) is 22.7 Å². The minimum Gasteiger partial charge on any atom is -0.348 e. The predicted octanol–water partition coefficient (Wildman–Crippen LogP) is 17.7. The molecule has 4 heteroatoms. The fourth-order valence-electron chi connectivity index (χ4n) is 11.0. The Hall–Kier alpha value is -8.86. The zero-order valence-corrected chi connectivity index (χ0v) is 37.6. The average Bonchev–Trinajstić information content (AvgIpc) is 3.72. The molecule has 0 fully saturated rings. The smallest absolute Gasteiger partial charge is 0.133 e. The highest BCUT2D eigenvalue weighted by molar-refractivity contribution is 6.24. The van der Waals surface area contributed by atoms with Crippen LogP contribution in [-0.4, -0.2) is 7.05 Å². The summed E-state index contributed by atoms with van der Waals surface area (Å²) in [6, 6.07) is 93.1. The Morgan fingerprint density at radius 3 is 1.25 bits per heavy atom. The van der Waals surface area contributed by atoms with Crippen LogP contribution in [0.25, 0.3) is 53.9 Å². The van der Waals surface area contributed by atoms with Crippen molar-refractivity contribution in [2.24, 2.45) is 0 Å². The molecule has 1 unspecified atom stereocenters. The molecule has 1 atom stereocenters. The van der Waals surface area contributed by atoms with Crippen molar-refractivity contribution in [1.82, 2.24) is 0 Å². The largest absolute Gasteiger partial charge is 0.348 e. The summed E-state index contributed by atoms with van der Waals surface area (Å²) in [7, 11) is 2.28. The Bertz CT molecular complexity index is 3840. The summed E-state index contributed by atoms with van der Waals surface area (Å²) >= 11 is 0. The standard InChI is InChI=1S/C64H46N4/c1-65-62-55-40-38-50(66(47-26-5-2-6-27-47)60-36-18-24-45-21-12-15-33-53(45)60)42-58(55)59-43-51(67(48-28-7-3-8-29-48)61-37-19-25-46-22-13-16-34-54(46)61)39-41-56(59)63(62)68(49-30-9-4-10-31-49)64(65)57-35-17-23-44-20-11-14-32-52(44)57/h2-43,64H,1H3. The summed E-state index contributed by atoms with van der Waals surface area (Å²) in [5, 5.41) is 12.0. The summed E-state index contributed by atoms with van der Waals surface area (Å²) in [6.45, 7) is 0. The van der Waals surface area contributed by atoms with Crippen LogP contribution in [0.1, 0.15) is 11.7 Å². The monoisotopic (exact) mass is 870 g/mol. The van der Waals surface area contributed by atoms with Crippen molar-refractivity contribution in [3.8, 4) is 0 Å². The minimum absolute atomic E-state index is 0.125. The van der Waals surface area contributed by atoms with Crippen molar-refractivity contribution in [3.63, 3.8) is 0 Å². The second kappa shape index (κ2) is 16.2. The van der Waals surface area contributed by atoms with Crippen LogP contribution in [0.5, 0.6) is 0 Å². The van der Waals surface area contributed by atoms with Crippen molar-refractivity contribution < 1.29 is 0 Å². The van der Waals surface area contributed by atoms with Gasteiger partial charge in [-0.05, 0) is 105 Å². The van der Waals surface area contributed by atoms with Crippen molar-refractivity contribution >= 4 is 105 Å². The van der Waals surface area contributed by atoms with Crippen molar-refractivity contribution in [3.05, 3.63) is 260 Å². The molecule has 0 aliphatic carbocycles. The van der Waals surface area contributed by atoms with Crippen molar-refractivity contribution in [1.29, 1.82) is 0 Å². The molecule has 0 N–H and O–H groups in total. The van der Waals surface area contributed by atoms with Gasteiger partial charge in [0.1, 0.15) is 6.17 Å². The SMILES string of the molecule is CN1c2c(c3ccc(N(c4ccccc4)c4cccc5ccccc45)cc3c3cc(N(c4ccccc4)c4cccc5ccccc45)ccc23)N(c2ccccc2)C1c1cccc2ccccc12. The molecular weight excluding hydrogens is 825 g/mol. The van der Waals surface area contributed by atoms with Gasteiger partial charge in [0, 0.05) is 62.6 Å². The van der Waals surface area contributed by atoms with Crippen LogP contribution in [0.3, 0.4) is 0 Å². The summed E-state index contributed by atoms with van der Waals surface area (Å²) in [5.74, 6) is 0. The second-order valence-corrected chi connectivity index (χ2v) is 17.8. The highest BCUT2D eigenvalue weighted by atomic mass is 15.4. The molecule has 12 aromatic rings. The lowest BCUT2D eigenvalue weighted by molar-refractivity contribution is 0.726. The molecule has 12 aromatic carbocycles. The molecule has 0 saturated heterocycles. The fraction of sp³-hybridized carbons (Fsp3) is 0.0312. The summed E-state index contributed by atoms with van der Waals surface area (Å²) in [6.07, 6.45) is -0.125. The first-order valence-electron chi connectivity index (χ1n) is 23.4. The molecule has 0 spiro atoms. The number of hydrogen-bond donors (Lipinski definition) is 0. The molecule has 68 heavy (non-hydrogen) atoms. The third-order valence-corrected chi connectivity index (χ3v) is 13.9. The highest BCUT2D eigenvalue weighted by Gasteiger charge is 2.40. The fourth-order valence-corrected chi connectivity index (χ4v) is 11.0. The molecule has 322 valence electrons. The van der Waals surface area contributed by atoms with Gasteiger partial charge < -0.3 is 19.6 Å². The Morgan fingerprint density at radius 2 is 0.721 bits per heavy atom. The number of nitrogens with zero attached hydrogens (tertiary/aromatic N) is 4.